The van der Waals surface area contributed by atoms with Gasteiger partial charge in [0.15, 0.2) is 5.82 Å². The summed E-state index contributed by atoms with van der Waals surface area (Å²) in [5.41, 5.74) is 0.777. The third kappa shape index (κ3) is 3.87. The van der Waals surface area contributed by atoms with Gasteiger partial charge in [0.1, 0.15) is 17.1 Å². The van der Waals surface area contributed by atoms with Gasteiger partial charge in [0.25, 0.3) is 0 Å². The van der Waals surface area contributed by atoms with E-state index >= 15 is 0 Å². The number of aromatic nitrogens is 1. The molecule has 1 aliphatic rings. The molecular formula is C19H18F4N4O. The number of nitriles is 1. The second-order valence-corrected chi connectivity index (χ2v) is 6.69. The van der Waals surface area contributed by atoms with Crippen molar-refractivity contribution in [3.8, 4) is 11.8 Å². The van der Waals surface area contributed by atoms with Gasteiger partial charge in [0.2, 0.25) is 0 Å². The van der Waals surface area contributed by atoms with Crippen LogP contribution in [0, 0.1) is 17.1 Å². The highest BCUT2D eigenvalue weighted by Gasteiger charge is 2.41. The van der Waals surface area contributed by atoms with Crippen LogP contribution in [0.3, 0.4) is 0 Å². The maximum Gasteiger partial charge on any atom is 0.423 e. The van der Waals surface area contributed by atoms with E-state index in [9.17, 15) is 22.8 Å². The SMILES string of the molecule is N#C[C@]1(c2ccc(F)cc2)CC[C@@H](Oc2ccnc(NN)c2C(F)(F)F)CC1. The molecule has 1 saturated carbocycles. The Kier molecular flexibility index (Phi) is 5.42. The number of nitrogens with zero attached hydrogens (tertiary/aromatic N) is 2. The van der Waals surface area contributed by atoms with E-state index in [2.05, 4.69) is 11.1 Å². The monoisotopic (exact) mass is 394 g/mol. The molecule has 148 valence electrons. The fourth-order valence-electron chi connectivity index (χ4n) is 3.54. The summed E-state index contributed by atoms with van der Waals surface area (Å²) in [4.78, 5) is 3.59. The maximum atomic E-state index is 13.4. The molecule has 0 amide bonds. The summed E-state index contributed by atoms with van der Waals surface area (Å²) in [6.45, 7) is 0. The van der Waals surface area contributed by atoms with Gasteiger partial charge in [-0.3, -0.25) is 0 Å². The van der Waals surface area contributed by atoms with Crippen molar-refractivity contribution in [1.82, 2.24) is 4.98 Å². The minimum atomic E-state index is -4.69. The molecule has 0 radical (unpaired) electrons. The summed E-state index contributed by atoms with van der Waals surface area (Å²) in [5, 5.41) is 9.70. The molecule has 3 N–H and O–H groups in total. The van der Waals surface area contributed by atoms with Crippen molar-refractivity contribution >= 4 is 5.82 Å². The maximum absolute atomic E-state index is 13.4. The number of alkyl halides is 3. The van der Waals surface area contributed by atoms with E-state index in [4.69, 9.17) is 10.6 Å². The zero-order valence-electron chi connectivity index (χ0n) is 14.8. The average Bonchev–Trinajstić information content (AvgIpc) is 2.68. The highest BCUT2D eigenvalue weighted by molar-refractivity contribution is 5.52. The van der Waals surface area contributed by atoms with Crippen LogP contribution in [-0.2, 0) is 11.6 Å². The molecule has 0 bridgehead atoms. The van der Waals surface area contributed by atoms with Gasteiger partial charge in [0, 0.05) is 6.20 Å². The fourth-order valence-corrected chi connectivity index (χ4v) is 3.54. The largest absolute Gasteiger partial charge is 0.490 e. The standard InChI is InChI=1S/C19H18F4N4O/c20-13-3-1-12(2-4-13)18(11-24)8-5-14(6-9-18)28-15-7-10-26-17(27-25)16(15)19(21,22)23/h1-4,7,10,14H,5-6,8-9,25H2,(H,26,27)/t14-,18+. The molecule has 1 aliphatic carbocycles. The fraction of sp³-hybridized carbons (Fsp3) is 0.368. The van der Waals surface area contributed by atoms with Crippen LogP contribution in [0.15, 0.2) is 36.5 Å². The summed E-state index contributed by atoms with van der Waals surface area (Å²) in [6.07, 6.45) is -2.43. The Morgan fingerprint density at radius 3 is 2.36 bits per heavy atom. The summed E-state index contributed by atoms with van der Waals surface area (Å²) in [6, 6.07) is 9.18. The van der Waals surface area contributed by atoms with Crippen LogP contribution in [0.25, 0.3) is 0 Å². The Morgan fingerprint density at radius 1 is 1.18 bits per heavy atom. The lowest BCUT2D eigenvalue weighted by Gasteiger charge is -2.35. The lowest BCUT2D eigenvalue weighted by molar-refractivity contribution is -0.139. The summed E-state index contributed by atoms with van der Waals surface area (Å²) in [7, 11) is 0. The normalized spacial score (nSPS) is 22.4. The first kappa shape index (κ1) is 19.9. The minimum absolute atomic E-state index is 0.355. The molecule has 0 saturated heterocycles. The summed E-state index contributed by atoms with van der Waals surface area (Å²) >= 11 is 0. The molecule has 0 atom stereocenters. The topological polar surface area (TPSA) is 84.0 Å². The highest BCUT2D eigenvalue weighted by atomic mass is 19.4. The molecule has 0 spiro atoms. The van der Waals surface area contributed by atoms with Crippen LogP contribution in [-0.4, -0.2) is 11.1 Å². The molecule has 1 aromatic carbocycles. The number of nitrogens with one attached hydrogen (secondary N) is 1. The average molecular weight is 394 g/mol. The first-order valence-electron chi connectivity index (χ1n) is 8.66. The van der Waals surface area contributed by atoms with Crippen LogP contribution >= 0.6 is 0 Å². The van der Waals surface area contributed by atoms with Crippen molar-refractivity contribution in [3.63, 3.8) is 0 Å². The number of pyridine rings is 1. The quantitative estimate of drug-likeness (QED) is 0.459. The second-order valence-electron chi connectivity index (χ2n) is 6.69. The van der Waals surface area contributed by atoms with Gasteiger partial charge in [0.05, 0.1) is 17.6 Å². The van der Waals surface area contributed by atoms with E-state index in [0.29, 0.717) is 31.2 Å². The molecule has 9 heteroatoms. The number of rotatable bonds is 4. The van der Waals surface area contributed by atoms with Gasteiger partial charge >= 0.3 is 6.18 Å². The predicted molar refractivity (Wildman–Crippen MR) is 93.6 cm³/mol. The Morgan fingerprint density at radius 2 is 1.82 bits per heavy atom. The number of nitrogen functional groups attached to an aromatic ring is 1. The van der Waals surface area contributed by atoms with Gasteiger partial charge in [-0.15, -0.1) is 0 Å². The first-order valence-corrected chi connectivity index (χ1v) is 8.66. The smallest absolute Gasteiger partial charge is 0.423 e. The number of hydrazine groups is 1. The van der Waals surface area contributed by atoms with E-state index in [-0.39, 0.29) is 5.75 Å². The molecule has 1 heterocycles. The number of ether oxygens (including phenoxy) is 1. The Hall–Kier alpha value is -2.86. The molecular weight excluding hydrogens is 376 g/mol. The summed E-state index contributed by atoms with van der Waals surface area (Å²) < 4.78 is 59.0. The lowest BCUT2D eigenvalue weighted by atomic mass is 9.70. The minimum Gasteiger partial charge on any atom is -0.490 e. The molecule has 3 rings (SSSR count). The number of halogens is 4. The van der Waals surface area contributed by atoms with E-state index in [1.807, 2.05) is 5.43 Å². The highest BCUT2D eigenvalue weighted by Crippen LogP contribution is 2.43. The lowest BCUT2D eigenvalue weighted by Crippen LogP contribution is -2.35. The van der Waals surface area contributed by atoms with Crippen molar-refractivity contribution in [2.75, 3.05) is 5.43 Å². The van der Waals surface area contributed by atoms with Gasteiger partial charge in [-0.05, 0) is 49.4 Å². The van der Waals surface area contributed by atoms with Crippen molar-refractivity contribution in [3.05, 3.63) is 53.5 Å². The van der Waals surface area contributed by atoms with Gasteiger partial charge < -0.3 is 10.2 Å². The first-order chi connectivity index (χ1) is 13.3. The van der Waals surface area contributed by atoms with E-state index in [0.717, 1.165) is 6.07 Å². The third-order valence-electron chi connectivity index (χ3n) is 5.02. The molecule has 28 heavy (non-hydrogen) atoms. The van der Waals surface area contributed by atoms with E-state index < -0.39 is 34.9 Å². The van der Waals surface area contributed by atoms with Crippen molar-refractivity contribution in [2.45, 2.75) is 43.4 Å². The Balaban J connectivity index is 1.78. The molecule has 1 aromatic heterocycles. The van der Waals surface area contributed by atoms with Crippen LogP contribution in [0.4, 0.5) is 23.4 Å². The van der Waals surface area contributed by atoms with Crippen LogP contribution in [0.2, 0.25) is 0 Å². The van der Waals surface area contributed by atoms with Crippen LogP contribution in [0.5, 0.6) is 5.75 Å². The van der Waals surface area contributed by atoms with Gasteiger partial charge in [-0.2, -0.15) is 18.4 Å². The molecule has 1 fully saturated rings. The number of hydrogen-bond acceptors (Lipinski definition) is 5. The number of nitrogens with two attached hydrogens (primary N) is 1. The van der Waals surface area contributed by atoms with E-state index in [1.54, 1.807) is 12.1 Å². The van der Waals surface area contributed by atoms with Gasteiger partial charge in [-0.25, -0.2) is 15.2 Å². The Bertz CT molecular complexity index is 869. The zero-order chi connectivity index (χ0) is 20.4. The Labute approximate surface area is 159 Å². The second kappa shape index (κ2) is 7.64. The molecule has 5 nitrogen and oxygen atoms in total. The van der Waals surface area contributed by atoms with Gasteiger partial charge in [-0.1, -0.05) is 12.1 Å². The number of hydrogen-bond donors (Lipinski definition) is 2. The summed E-state index contributed by atoms with van der Waals surface area (Å²) in [5.74, 6) is 3.88. The predicted octanol–water partition coefficient (Wildman–Crippen LogP) is 4.31. The van der Waals surface area contributed by atoms with Crippen LogP contribution in [0.1, 0.15) is 36.8 Å². The third-order valence-corrected chi connectivity index (χ3v) is 5.02. The number of benzene rings is 1. The van der Waals surface area contributed by atoms with Crippen molar-refractivity contribution < 1.29 is 22.3 Å². The van der Waals surface area contributed by atoms with Crippen LogP contribution < -0.4 is 16.0 Å². The molecule has 2 aromatic rings. The van der Waals surface area contributed by atoms with E-state index in [1.165, 1.54) is 18.3 Å². The molecule has 0 unspecified atom stereocenters. The number of anilines is 1. The molecule has 0 aliphatic heterocycles. The van der Waals surface area contributed by atoms with Crippen molar-refractivity contribution in [2.24, 2.45) is 5.84 Å². The zero-order valence-corrected chi connectivity index (χ0v) is 14.8. The van der Waals surface area contributed by atoms with Crippen molar-refractivity contribution in [1.29, 1.82) is 5.26 Å².